The molecule has 4 rings (SSSR count). The molecule has 149 valence electrons. The summed E-state index contributed by atoms with van der Waals surface area (Å²) in [4.78, 5) is 16.5. The molecule has 2 aliphatic carbocycles. The van der Waals surface area contributed by atoms with E-state index in [0.717, 1.165) is 15.7 Å². The van der Waals surface area contributed by atoms with Gasteiger partial charge in [-0.3, -0.25) is 0 Å². The fourth-order valence-electron chi connectivity index (χ4n) is 2.53. The summed E-state index contributed by atoms with van der Waals surface area (Å²) in [5.74, 6) is 0.978. The minimum absolute atomic E-state index is 0. The zero-order chi connectivity index (χ0) is 20.5. The van der Waals surface area contributed by atoms with Crippen LogP contribution < -0.4 is 5.32 Å². The van der Waals surface area contributed by atoms with Crippen molar-refractivity contribution >= 4 is 48.3 Å². The number of nitrogens with one attached hydrogen (secondary N) is 1. The summed E-state index contributed by atoms with van der Waals surface area (Å²) in [6.07, 6.45) is 18.2. The molecule has 6 heteroatoms. The number of aliphatic imine (C=N–C) groups is 1. The standard InChI is InChI=1S/C19H13BrN2OSe.C5H5.Fe/c20-16-9-5-15(6-10-16)18(23)22-19(24)21-17-11-7-14(8-12-17)13-3-1-2-4-13;1-2-4-5-3-1;/h1-12H,(H,21,22,23);1-5H;/q;;+2. The summed E-state index contributed by atoms with van der Waals surface area (Å²) >= 11 is 6.14. The summed E-state index contributed by atoms with van der Waals surface area (Å²) in [6, 6.07) is 15.0. The molecule has 0 atom stereocenters. The van der Waals surface area contributed by atoms with Gasteiger partial charge in [-0.05, 0) is 32.1 Å². The number of hydrogen-bond acceptors (Lipinski definition) is 2. The van der Waals surface area contributed by atoms with Crippen molar-refractivity contribution in [3.05, 3.63) is 128 Å². The maximum atomic E-state index is 12.1. The Morgan fingerprint density at radius 2 is 1.33 bits per heavy atom. The first kappa shape index (κ1) is 25.4. The SMILES string of the molecule is O=C(NC([Se])=Nc1ccc([C]2[CH][CH][CH][CH]2)cc1)c1ccc(Br)cc1.[CH]1[CH][CH][CH][CH]1.[Fe+2]. The van der Waals surface area contributed by atoms with Crippen molar-refractivity contribution in [2.24, 2.45) is 4.99 Å². The van der Waals surface area contributed by atoms with Gasteiger partial charge in [0, 0.05) is 0 Å². The molecule has 30 heavy (non-hydrogen) atoms. The second-order valence-corrected chi connectivity index (χ2v) is 7.79. The zero-order valence-electron chi connectivity index (χ0n) is 15.8. The Labute approximate surface area is 207 Å². The number of amidine groups is 1. The molecule has 11 radical (unpaired) electrons. The van der Waals surface area contributed by atoms with Crippen LogP contribution in [0.3, 0.4) is 0 Å². The van der Waals surface area contributed by atoms with Crippen molar-refractivity contribution in [1.29, 1.82) is 0 Å². The number of benzene rings is 2. The van der Waals surface area contributed by atoms with Crippen LogP contribution in [0.5, 0.6) is 0 Å². The van der Waals surface area contributed by atoms with Gasteiger partial charge in [-0.2, -0.15) is 0 Å². The first-order chi connectivity index (χ1) is 14.1. The molecular weight excluding hydrogens is 547 g/mol. The Balaban J connectivity index is 0.000000468. The monoisotopic (exact) mass is 565 g/mol. The van der Waals surface area contributed by atoms with Crippen molar-refractivity contribution < 1.29 is 21.9 Å². The second-order valence-electron chi connectivity index (χ2n) is 6.06. The number of amides is 1. The van der Waals surface area contributed by atoms with Crippen LogP contribution in [0.4, 0.5) is 5.69 Å². The largest absolute Gasteiger partial charge is 2.00 e. The predicted molar refractivity (Wildman–Crippen MR) is 122 cm³/mol. The maximum Gasteiger partial charge on any atom is 2.00 e. The van der Waals surface area contributed by atoms with E-state index < -0.39 is 0 Å². The Bertz CT molecular complexity index is 806. The van der Waals surface area contributed by atoms with Gasteiger partial charge in [0.2, 0.25) is 0 Å². The molecule has 0 heterocycles. The van der Waals surface area contributed by atoms with Crippen LogP contribution in [0.15, 0.2) is 58.0 Å². The Hall–Kier alpha value is -0.901. The van der Waals surface area contributed by atoms with Crippen LogP contribution >= 0.6 is 15.9 Å². The second kappa shape index (κ2) is 13.5. The summed E-state index contributed by atoms with van der Waals surface area (Å²) in [5.41, 5.74) is 2.49. The van der Waals surface area contributed by atoms with Crippen molar-refractivity contribution in [3.8, 4) is 0 Å². The smallest absolute Gasteiger partial charge is 0.0312 e. The Morgan fingerprint density at radius 1 is 0.800 bits per heavy atom. The average molecular weight is 565 g/mol. The third kappa shape index (κ3) is 8.32. The topological polar surface area (TPSA) is 41.5 Å². The van der Waals surface area contributed by atoms with Gasteiger partial charge < -0.3 is 0 Å². The quantitative estimate of drug-likeness (QED) is 0.325. The molecule has 0 spiro atoms. The number of halogens is 1. The van der Waals surface area contributed by atoms with Crippen LogP contribution in [0.2, 0.25) is 0 Å². The molecular formula is C24H18BrFeN2OSe+2. The number of rotatable bonds is 3. The maximum absolute atomic E-state index is 12.1. The first-order valence-corrected chi connectivity index (χ1v) is 10.6. The third-order valence-corrected chi connectivity index (χ3v) is 4.91. The van der Waals surface area contributed by atoms with Crippen LogP contribution in [-0.4, -0.2) is 26.7 Å². The van der Waals surface area contributed by atoms with Crippen LogP contribution in [0.1, 0.15) is 15.9 Å². The third-order valence-electron chi connectivity index (χ3n) is 3.98. The molecule has 1 amide bonds. The summed E-state index contributed by atoms with van der Waals surface area (Å²) in [7, 11) is 0. The van der Waals surface area contributed by atoms with Crippen molar-refractivity contribution in [3.63, 3.8) is 0 Å². The molecule has 2 saturated carbocycles. The van der Waals surface area contributed by atoms with E-state index in [1.807, 2.05) is 81.3 Å². The van der Waals surface area contributed by atoms with Crippen molar-refractivity contribution in [1.82, 2.24) is 5.32 Å². The minimum Gasteiger partial charge on any atom is -0.0312 e. The summed E-state index contributed by atoms with van der Waals surface area (Å²) in [6.45, 7) is 0. The van der Waals surface area contributed by atoms with Crippen molar-refractivity contribution in [2.75, 3.05) is 0 Å². The molecule has 2 fully saturated rings. The van der Waals surface area contributed by atoms with E-state index in [9.17, 15) is 4.79 Å². The van der Waals surface area contributed by atoms with E-state index in [2.05, 4.69) is 55.1 Å². The Morgan fingerprint density at radius 3 is 1.87 bits per heavy atom. The van der Waals surface area contributed by atoms with E-state index in [0.29, 0.717) is 10.3 Å². The normalized spacial score (nSPS) is 16.4. The summed E-state index contributed by atoms with van der Waals surface area (Å²) in [5, 5.41) is 2.75. The van der Waals surface area contributed by atoms with Crippen LogP contribution in [0.25, 0.3) is 0 Å². The number of carbonyl (C=O) groups is 1. The van der Waals surface area contributed by atoms with Gasteiger partial charge in [-0.15, -0.1) is 0 Å². The number of hydrogen-bond donors (Lipinski definition) is 1. The zero-order valence-corrected chi connectivity index (χ0v) is 20.2. The molecule has 0 aliphatic heterocycles. The van der Waals surface area contributed by atoms with E-state index in [-0.39, 0.29) is 23.0 Å². The van der Waals surface area contributed by atoms with Gasteiger partial charge in [0.15, 0.2) is 0 Å². The van der Waals surface area contributed by atoms with E-state index in [4.69, 9.17) is 0 Å². The van der Waals surface area contributed by atoms with Gasteiger partial charge in [0.25, 0.3) is 0 Å². The number of carbonyl (C=O) groups excluding carboxylic acids is 1. The molecule has 1 N–H and O–H groups in total. The van der Waals surface area contributed by atoms with Crippen LogP contribution in [0, 0.1) is 63.7 Å². The first-order valence-electron chi connectivity index (χ1n) is 8.93. The van der Waals surface area contributed by atoms with Gasteiger partial charge in [-0.1, -0.05) is 0 Å². The molecule has 2 aromatic rings. The van der Waals surface area contributed by atoms with Gasteiger partial charge in [0.05, 0.1) is 0 Å². The Kier molecular flexibility index (Phi) is 11.4. The van der Waals surface area contributed by atoms with Gasteiger partial charge >= 0.3 is 176 Å². The van der Waals surface area contributed by atoms with Crippen LogP contribution in [-0.2, 0) is 17.1 Å². The molecule has 0 saturated heterocycles. The molecule has 0 aromatic heterocycles. The fourth-order valence-corrected chi connectivity index (χ4v) is 3.21. The average Bonchev–Trinajstić information content (AvgIpc) is 3.46. The van der Waals surface area contributed by atoms with Gasteiger partial charge in [-0.25, -0.2) is 0 Å². The number of nitrogens with zero attached hydrogens (tertiary/aromatic N) is 1. The molecule has 2 aliphatic rings. The summed E-state index contributed by atoms with van der Waals surface area (Å²) < 4.78 is 1.37. The predicted octanol–water partition coefficient (Wildman–Crippen LogP) is 4.81. The van der Waals surface area contributed by atoms with E-state index in [1.165, 1.54) is 5.92 Å². The molecule has 0 unspecified atom stereocenters. The molecule has 2 aromatic carbocycles. The molecule has 0 bridgehead atoms. The van der Waals surface area contributed by atoms with Crippen molar-refractivity contribution in [2.45, 2.75) is 0 Å². The van der Waals surface area contributed by atoms with E-state index >= 15 is 0 Å². The van der Waals surface area contributed by atoms with Gasteiger partial charge in [0.1, 0.15) is 0 Å². The molecule has 3 nitrogen and oxygen atoms in total. The van der Waals surface area contributed by atoms with E-state index in [1.54, 1.807) is 12.1 Å². The fraction of sp³-hybridized carbons (Fsp3) is 0. The minimum atomic E-state index is -0.201.